The van der Waals surface area contributed by atoms with Crippen LogP contribution in [0.4, 0.5) is 4.79 Å². The van der Waals surface area contributed by atoms with Crippen molar-refractivity contribution in [1.29, 1.82) is 0 Å². The number of terminal acetylenes is 1. The summed E-state index contributed by atoms with van der Waals surface area (Å²) in [6.45, 7) is 2.89. The Balaban J connectivity index is 1.65. The highest BCUT2D eigenvalue weighted by atomic mass is 35.5. The van der Waals surface area contributed by atoms with Crippen molar-refractivity contribution in [2.45, 2.75) is 51.5 Å². The van der Waals surface area contributed by atoms with Gasteiger partial charge in [0.1, 0.15) is 12.2 Å². The van der Waals surface area contributed by atoms with E-state index in [2.05, 4.69) is 11.2 Å². The minimum absolute atomic E-state index is 0.0658. The molecule has 4 rings (SSSR count). The number of rotatable bonds is 8. The number of urea groups is 1. The summed E-state index contributed by atoms with van der Waals surface area (Å²) >= 11 is 6.19. The maximum Gasteiger partial charge on any atom is 0.334 e. The van der Waals surface area contributed by atoms with Gasteiger partial charge >= 0.3 is 6.03 Å². The number of benzene rings is 2. The third-order valence-corrected chi connectivity index (χ3v) is 6.93. The topological polar surface area (TPSA) is 76.2 Å². The number of unbranched alkanes of at least 4 members (excludes halogenated alkanes) is 1. The largest absolute Gasteiger partial charge is 0.334 e. The molecule has 2 aromatic carbocycles. The molecule has 37 heavy (non-hydrogen) atoms. The van der Waals surface area contributed by atoms with Crippen molar-refractivity contribution >= 4 is 29.4 Å². The van der Waals surface area contributed by atoms with Crippen LogP contribution in [0, 0.1) is 12.3 Å². The van der Waals surface area contributed by atoms with Crippen molar-refractivity contribution in [3.05, 3.63) is 70.7 Å². The van der Waals surface area contributed by atoms with Gasteiger partial charge in [-0.1, -0.05) is 79.8 Å². The van der Waals surface area contributed by atoms with Crippen molar-refractivity contribution in [2.75, 3.05) is 19.6 Å². The minimum Gasteiger partial charge on any atom is -0.333 e. The molecule has 1 N–H and O–H groups in total. The minimum atomic E-state index is -0.677. The van der Waals surface area contributed by atoms with Crippen LogP contribution in [0.1, 0.15) is 37.3 Å². The molecule has 194 valence electrons. The fourth-order valence-electron chi connectivity index (χ4n) is 4.96. The lowest BCUT2D eigenvalue weighted by Crippen LogP contribution is -2.76. The summed E-state index contributed by atoms with van der Waals surface area (Å²) in [4.78, 5) is 43.9. The SMILES string of the molecule is C#CCN1CC(=O)N2[C@@H](CCCC)C(=O)N(Cc3cccc(Cl)c3)C[C@@H]2N1C(=O)NCc1ccccc1. The molecule has 4 amide bonds. The monoisotopic (exact) mass is 521 g/mol. The van der Waals surface area contributed by atoms with Crippen molar-refractivity contribution in [1.82, 2.24) is 25.1 Å². The Labute approximate surface area is 223 Å². The molecular weight excluding hydrogens is 490 g/mol. The molecule has 2 aromatic rings. The van der Waals surface area contributed by atoms with Crippen LogP contribution in [0.5, 0.6) is 0 Å². The van der Waals surface area contributed by atoms with Gasteiger partial charge in [-0.25, -0.2) is 9.80 Å². The molecule has 2 aliphatic heterocycles. The number of fused-ring (bicyclic) bond motifs is 1. The van der Waals surface area contributed by atoms with Crippen LogP contribution >= 0.6 is 11.6 Å². The second-order valence-corrected chi connectivity index (χ2v) is 9.74. The van der Waals surface area contributed by atoms with Crippen LogP contribution in [0.15, 0.2) is 54.6 Å². The van der Waals surface area contributed by atoms with Crippen molar-refractivity contribution in [3.63, 3.8) is 0 Å². The van der Waals surface area contributed by atoms with Gasteiger partial charge in [-0.2, -0.15) is 5.01 Å². The van der Waals surface area contributed by atoms with Gasteiger partial charge in [0, 0.05) is 18.1 Å². The fraction of sp³-hybridized carbons (Fsp3) is 0.393. The smallest absolute Gasteiger partial charge is 0.333 e. The van der Waals surface area contributed by atoms with E-state index in [9.17, 15) is 14.4 Å². The predicted molar refractivity (Wildman–Crippen MR) is 142 cm³/mol. The Bertz CT molecular complexity index is 1170. The molecule has 0 radical (unpaired) electrons. The van der Waals surface area contributed by atoms with Crippen LogP contribution in [0.3, 0.4) is 0 Å². The summed E-state index contributed by atoms with van der Waals surface area (Å²) in [7, 11) is 0. The number of piperazine rings is 1. The average Bonchev–Trinajstić information content (AvgIpc) is 2.88. The van der Waals surface area contributed by atoms with E-state index >= 15 is 0 Å². The molecule has 2 heterocycles. The van der Waals surface area contributed by atoms with Gasteiger partial charge < -0.3 is 15.1 Å². The number of hydrazine groups is 1. The number of nitrogens with one attached hydrogen (secondary N) is 1. The molecule has 0 unspecified atom stereocenters. The van der Waals surface area contributed by atoms with Crippen LogP contribution in [0.25, 0.3) is 0 Å². The van der Waals surface area contributed by atoms with Gasteiger partial charge in [0.2, 0.25) is 11.8 Å². The summed E-state index contributed by atoms with van der Waals surface area (Å²) in [6, 6.07) is 15.9. The van der Waals surface area contributed by atoms with Gasteiger partial charge in [-0.05, 0) is 29.7 Å². The van der Waals surface area contributed by atoms with Gasteiger partial charge in [0.15, 0.2) is 0 Å². The first kappa shape index (κ1) is 26.5. The normalized spacial score (nSPS) is 20.0. The third-order valence-electron chi connectivity index (χ3n) is 6.69. The van der Waals surface area contributed by atoms with E-state index in [0.29, 0.717) is 24.5 Å². The summed E-state index contributed by atoms with van der Waals surface area (Å²) in [6.07, 6.45) is 7.12. The molecular formula is C28H32ClN5O3. The predicted octanol–water partition coefficient (Wildman–Crippen LogP) is 3.47. The van der Waals surface area contributed by atoms with Gasteiger partial charge in [0.25, 0.3) is 0 Å². The standard InChI is InChI=1S/C28H32ClN5O3/c1-3-5-14-24-27(36)31(18-22-12-9-13-23(29)16-22)19-25-33(24)26(35)20-32(15-4-2)34(25)28(37)30-17-21-10-7-6-8-11-21/h2,6-13,16,24-25H,3,5,14-15,17-20H2,1H3,(H,30,37)/t24-,25-/m0/s1. The highest BCUT2D eigenvalue weighted by Crippen LogP contribution is 2.30. The first-order valence-electron chi connectivity index (χ1n) is 12.6. The van der Waals surface area contributed by atoms with Crippen molar-refractivity contribution in [3.8, 4) is 12.3 Å². The number of hydrogen-bond donors (Lipinski definition) is 1. The molecule has 0 spiro atoms. The Morgan fingerprint density at radius 1 is 1.14 bits per heavy atom. The molecule has 0 bridgehead atoms. The lowest BCUT2D eigenvalue weighted by Gasteiger charge is -2.55. The zero-order valence-corrected chi connectivity index (χ0v) is 21.7. The fourth-order valence-corrected chi connectivity index (χ4v) is 5.18. The molecule has 2 fully saturated rings. The maximum atomic E-state index is 13.6. The number of halogens is 1. The van der Waals surface area contributed by atoms with E-state index in [1.165, 1.54) is 5.01 Å². The second-order valence-electron chi connectivity index (χ2n) is 9.30. The maximum absolute atomic E-state index is 13.6. The van der Waals surface area contributed by atoms with Crippen LogP contribution in [0.2, 0.25) is 5.02 Å². The van der Waals surface area contributed by atoms with Crippen molar-refractivity contribution in [2.24, 2.45) is 0 Å². The lowest BCUT2D eigenvalue weighted by atomic mass is 10.0. The zero-order valence-electron chi connectivity index (χ0n) is 21.0. The molecule has 2 saturated heterocycles. The van der Waals surface area contributed by atoms with E-state index in [1.54, 1.807) is 20.9 Å². The second kappa shape index (κ2) is 12.1. The highest BCUT2D eigenvalue weighted by Gasteiger charge is 2.51. The van der Waals surface area contributed by atoms with Gasteiger partial charge in [0.05, 0.1) is 19.6 Å². The van der Waals surface area contributed by atoms with Crippen LogP contribution in [-0.4, -0.2) is 69.5 Å². The Hall–Kier alpha value is -3.54. The van der Waals surface area contributed by atoms with Crippen molar-refractivity contribution < 1.29 is 14.4 Å². The lowest BCUT2D eigenvalue weighted by molar-refractivity contribution is -0.189. The first-order valence-corrected chi connectivity index (χ1v) is 12.9. The first-order chi connectivity index (χ1) is 17.9. The number of nitrogens with zero attached hydrogens (tertiary/aromatic N) is 4. The molecule has 0 saturated carbocycles. The van der Waals surface area contributed by atoms with E-state index < -0.39 is 12.2 Å². The molecule has 0 aromatic heterocycles. The number of carbonyl (C=O) groups is 3. The van der Waals surface area contributed by atoms with E-state index in [0.717, 1.165) is 24.0 Å². The summed E-state index contributed by atoms with van der Waals surface area (Å²) < 4.78 is 0. The highest BCUT2D eigenvalue weighted by molar-refractivity contribution is 6.30. The third kappa shape index (κ3) is 6.07. The number of hydrogen-bond acceptors (Lipinski definition) is 4. The molecule has 8 nitrogen and oxygen atoms in total. The summed E-state index contributed by atoms with van der Waals surface area (Å²) in [5.41, 5.74) is 1.83. The van der Waals surface area contributed by atoms with Crippen LogP contribution < -0.4 is 5.32 Å². The van der Waals surface area contributed by atoms with E-state index in [4.69, 9.17) is 18.0 Å². The van der Waals surface area contributed by atoms with Gasteiger partial charge in [-0.3, -0.25) is 9.59 Å². The number of amides is 4. The Kier molecular flexibility index (Phi) is 8.70. The quantitative estimate of drug-likeness (QED) is 0.540. The molecule has 2 atom stereocenters. The van der Waals surface area contributed by atoms with Crippen LogP contribution in [-0.2, 0) is 22.7 Å². The Morgan fingerprint density at radius 3 is 2.59 bits per heavy atom. The van der Waals surface area contributed by atoms with E-state index in [-0.39, 0.29) is 37.5 Å². The Morgan fingerprint density at radius 2 is 1.89 bits per heavy atom. The van der Waals surface area contributed by atoms with Gasteiger partial charge in [-0.15, -0.1) is 6.42 Å². The van der Waals surface area contributed by atoms with E-state index in [1.807, 2.05) is 55.5 Å². The molecule has 9 heteroatoms. The summed E-state index contributed by atoms with van der Waals surface area (Å²) in [5.74, 6) is 2.24. The molecule has 2 aliphatic rings. The number of carbonyl (C=O) groups excluding carboxylic acids is 3. The zero-order chi connectivity index (χ0) is 26.4. The molecule has 0 aliphatic carbocycles. The summed E-state index contributed by atoms with van der Waals surface area (Å²) in [5, 5.41) is 6.67. The average molecular weight is 522 g/mol.